The van der Waals surface area contributed by atoms with E-state index in [0.29, 0.717) is 18.0 Å². The minimum absolute atomic E-state index is 0.103. The number of rotatable bonds is 4. The Morgan fingerprint density at radius 1 is 1.39 bits per heavy atom. The van der Waals surface area contributed by atoms with Crippen LogP contribution in [0, 0.1) is 0 Å². The van der Waals surface area contributed by atoms with E-state index in [-0.39, 0.29) is 11.8 Å². The summed E-state index contributed by atoms with van der Waals surface area (Å²) in [6.45, 7) is 2.32. The first-order valence-electron chi connectivity index (χ1n) is 7.42. The Bertz CT molecular complexity index is 699. The van der Waals surface area contributed by atoms with E-state index in [1.165, 1.54) is 0 Å². The molecule has 1 aliphatic heterocycles. The molecule has 1 saturated heterocycles. The predicted molar refractivity (Wildman–Crippen MR) is 87.3 cm³/mol. The van der Waals surface area contributed by atoms with Crippen LogP contribution in [0.3, 0.4) is 0 Å². The Hall–Kier alpha value is -2.34. The number of benzene rings is 1. The summed E-state index contributed by atoms with van der Waals surface area (Å²) < 4.78 is 1.56. The molecular formula is C16H17ClN4O2. The van der Waals surface area contributed by atoms with Crippen molar-refractivity contribution in [1.29, 1.82) is 0 Å². The molecule has 120 valence electrons. The minimum Gasteiger partial charge on any atom is -0.342 e. The van der Waals surface area contributed by atoms with Crippen LogP contribution in [0.4, 0.5) is 5.69 Å². The predicted octanol–water partition coefficient (Wildman–Crippen LogP) is 2.02. The van der Waals surface area contributed by atoms with Gasteiger partial charge < -0.3 is 10.2 Å². The molecule has 0 radical (unpaired) electrons. The molecular weight excluding hydrogens is 316 g/mol. The first-order chi connectivity index (χ1) is 11.1. The third-order valence-corrected chi connectivity index (χ3v) is 4.21. The number of anilines is 1. The molecule has 2 aromatic rings. The van der Waals surface area contributed by atoms with Crippen LogP contribution in [0.25, 0.3) is 0 Å². The van der Waals surface area contributed by atoms with Crippen LogP contribution in [0.2, 0.25) is 5.02 Å². The summed E-state index contributed by atoms with van der Waals surface area (Å²) in [5, 5.41) is 7.48. The van der Waals surface area contributed by atoms with Crippen LogP contribution in [-0.4, -0.2) is 34.2 Å². The number of carbonyl (C=O) groups excluding carboxylic acids is 2. The van der Waals surface area contributed by atoms with Gasteiger partial charge in [0.1, 0.15) is 12.1 Å². The van der Waals surface area contributed by atoms with Crippen molar-refractivity contribution in [3.63, 3.8) is 0 Å². The quantitative estimate of drug-likeness (QED) is 0.931. The number of nitrogens with zero attached hydrogens (tertiary/aromatic N) is 3. The highest BCUT2D eigenvalue weighted by molar-refractivity contribution is 6.30. The van der Waals surface area contributed by atoms with Crippen molar-refractivity contribution in [1.82, 2.24) is 15.1 Å². The second-order valence-electron chi connectivity index (χ2n) is 5.48. The minimum atomic E-state index is -0.504. The molecule has 0 saturated carbocycles. The Morgan fingerprint density at radius 3 is 2.78 bits per heavy atom. The summed E-state index contributed by atoms with van der Waals surface area (Å²) in [7, 11) is 0. The van der Waals surface area contributed by atoms with E-state index < -0.39 is 12.1 Å². The molecule has 3 rings (SSSR count). The largest absolute Gasteiger partial charge is 0.342 e. The van der Waals surface area contributed by atoms with Crippen molar-refractivity contribution >= 4 is 29.1 Å². The molecule has 0 aliphatic carbocycles. The second kappa shape index (κ2) is 6.42. The lowest BCUT2D eigenvalue weighted by Crippen LogP contribution is -2.44. The number of nitrogens with one attached hydrogen (secondary N) is 1. The van der Waals surface area contributed by atoms with E-state index in [2.05, 4.69) is 10.4 Å². The number of aromatic nitrogens is 2. The van der Waals surface area contributed by atoms with E-state index in [0.717, 1.165) is 5.69 Å². The van der Waals surface area contributed by atoms with Crippen molar-refractivity contribution in [2.45, 2.75) is 25.4 Å². The summed E-state index contributed by atoms with van der Waals surface area (Å²) in [4.78, 5) is 26.4. The maximum Gasteiger partial charge on any atom is 0.249 e. The van der Waals surface area contributed by atoms with E-state index >= 15 is 0 Å². The highest BCUT2D eigenvalue weighted by atomic mass is 35.5. The SMILES string of the molecule is C[C@@H](C(=O)N[C@H]1CCN(c2ccc(Cl)cc2)C1=O)n1cccn1. The molecule has 7 heteroatoms. The van der Waals surface area contributed by atoms with Gasteiger partial charge in [0, 0.05) is 29.6 Å². The molecule has 0 spiro atoms. The van der Waals surface area contributed by atoms with Gasteiger partial charge >= 0.3 is 0 Å². The zero-order valence-electron chi connectivity index (χ0n) is 12.6. The number of hydrogen-bond acceptors (Lipinski definition) is 3. The third kappa shape index (κ3) is 3.22. The fourth-order valence-electron chi connectivity index (χ4n) is 2.61. The maximum absolute atomic E-state index is 12.5. The lowest BCUT2D eigenvalue weighted by Gasteiger charge is -2.19. The van der Waals surface area contributed by atoms with Gasteiger partial charge in [-0.15, -0.1) is 0 Å². The molecule has 6 nitrogen and oxygen atoms in total. The summed E-state index contributed by atoms with van der Waals surface area (Å²) in [6.07, 6.45) is 3.92. The molecule has 0 unspecified atom stereocenters. The van der Waals surface area contributed by atoms with Gasteiger partial charge in [-0.05, 0) is 43.7 Å². The summed E-state index contributed by atoms with van der Waals surface area (Å²) in [5.41, 5.74) is 0.788. The molecule has 1 aromatic heterocycles. The number of amides is 2. The van der Waals surface area contributed by atoms with Crippen LogP contribution in [0.5, 0.6) is 0 Å². The number of halogens is 1. The molecule has 23 heavy (non-hydrogen) atoms. The van der Waals surface area contributed by atoms with Crippen molar-refractivity contribution < 1.29 is 9.59 Å². The Balaban J connectivity index is 1.65. The summed E-state index contributed by atoms with van der Waals surface area (Å²) >= 11 is 5.87. The second-order valence-corrected chi connectivity index (χ2v) is 5.91. The first kappa shape index (κ1) is 15.6. The van der Waals surface area contributed by atoms with Gasteiger partial charge in [0.05, 0.1) is 0 Å². The maximum atomic E-state index is 12.5. The van der Waals surface area contributed by atoms with E-state index in [9.17, 15) is 9.59 Å². The molecule has 2 heterocycles. The van der Waals surface area contributed by atoms with Crippen molar-refractivity contribution in [2.24, 2.45) is 0 Å². The van der Waals surface area contributed by atoms with Crippen molar-refractivity contribution in [3.8, 4) is 0 Å². The summed E-state index contributed by atoms with van der Waals surface area (Å²) in [5.74, 6) is -0.321. The van der Waals surface area contributed by atoms with Gasteiger partial charge in [-0.3, -0.25) is 14.3 Å². The van der Waals surface area contributed by atoms with Crippen LogP contribution < -0.4 is 10.2 Å². The fraction of sp³-hybridized carbons (Fsp3) is 0.312. The lowest BCUT2D eigenvalue weighted by atomic mass is 10.2. The standard InChI is InChI=1S/C16H17ClN4O2/c1-11(21-9-2-8-18-21)15(22)19-14-7-10-20(16(14)23)13-5-3-12(17)4-6-13/h2-6,8-9,11,14H,7,10H2,1H3,(H,19,22)/t11-,14-/m0/s1. The molecule has 1 N–H and O–H groups in total. The molecule has 1 fully saturated rings. The average Bonchev–Trinajstić information content (AvgIpc) is 3.19. The Labute approximate surface area is 139 Å². The Kier molecular flexibility index (Phi) is 4.34. The monoisotopic (exact) mass is 332 g/mol. The van der Waals surface area contributed by atoms with E-state index in [4.69, 9.17) is 11.6 Å². The zero-order valence-corrected chi connectivity index (χ0v) is 13.4. The van der Waals surface area contributed by atoms with E-state index in [1.54, 1.807) is 59.2 Å². The zero-order chi connectivity index (χ0) is 16.4. The molecule has 1 aromatic carbocycles. The van der Waals surface area contributed by atoms with Gasteiger partial charge in [0.15, 0.2) is 0 Å². The van der Waals surface area contributed by atoms with Gasteiger partial charge in [-0.25, -0.2) is 0 Å². The van der Waals surface area contributed by atoms with Gasteiger partial charge in [0.25, 0.3) is 0 Å². The van der Waals surface area contributed by atoms with Crippen LogP contribution in [0.1, 0.15) is 19.4 Å². The smallest absolute Gasteiger partial charge is 0.249 e. The number of carbonyl (C=O) groups is 2. The van der Waals surface area contributed by atoms with Gasteiger partial charge in [0.2, 0.25) is 11.8 Å². The molecule has 2 amide bonds. The van der Waals surface area contributed by atoms with Gasteiger partial charge in [-0.2, -0.15) is 5.10 Å². The van der Waals surface area contributed by atoms with Crippen LogP contribution in [0.15, 0.2) is 42.7 Å². The highest BCUT2D eigenvalue weighted by Crippen LogP contribution is 2.23. The average molecular weight is 333 g/mol. The Morgan fingerprint density at radius 2 is 2.13 bits per heavy atom. The lowest BCUT2D eigenvalue weighted by molar-refractivity contribution is -0.128. The molecule has 2 atom stereocenters. The highest BCUT2D eigenvalue weighted by Gasteiger charge is 2.34. The molecule has 1 aliphatic rings. The fourth-order valence-corrected chi connectivity index (χ4v) is 2.74. The van der Waals surface area contributed by atoms with Gasteiger partial charge in [-0.1, -0.05) is 11.6 Å². The van der Waals surface area contributed by atoms with Crippen molar-refractivity contribution in [3.05, 3.63) is 47.7 Å². The normalized spacial score (nSPS) is 19.0. The van der Waals surface area contributed by atoms with Crippen LogP contribution in [-0.2, 0) is 9.59 Å². The molecule has 0 bridgehead atoms. The topological polar surface area (TPSA) is 67.2 Å². The number of hydrogen-bond donors (Lipinski definition) is 1. The first-order valence-corrected chi connectivity index (χ1v) is 7.80. The summed E-state index contributed by atoms with van der Waals surface area (Å²) in [6, 6.07) is 7.89. The van der Waals surface area contributed by atoms with Crippen molar-refractivity contribution in [2.75, 3.05) is 11.4 Å². The third-order valence-electron chi connectivity index (χ3n) is 3.96. The van der Waals surface area contributed by atoms with E-state index in [1.807, 2.05) is 0 Å². The van der Waals surface area contributed by atoms with Crippen LogP contribution >= 0.6 is 11.6 Å².